The summed E-state index contributed by atoms with van der Waals surface area (Å²) in [6, 6.07) is 11.1. The predicted molar refractivity (Wildman–Crippen MR) is 81.4 cm³/mol. The Labute approximate surface area is 122 Å². The van der Waals surface area contributed by atoms with Crippen LogP contribution in [0.15, 0.2) is 42.5 Å². The van der Waals surface area contributed by atoms with Gasteiger partial charge in [0.05, 0.1) is 6.61 Å². The molecule has 2 N–H and O–H groups in total. The van der Waals surface area contributed by atoms with Gasteiger partial charge in [-0.1, -0.05) is 6.07 Å². The lowest BCUT2D eigenvalue weighted by Crippen LogP contribution is -2.19. The van der Waals surface area contributed by atoms with Crippen LogP contribution in [0.4, 0.5) is 20.6 Å². The van der Waals surface area contributed by atoms with Gasteiger partial charge in [-0.25, -0.2) is 9.18 Å². The van der Waals surface area contributed by atoms with Gasteiger partial charge in [0.25, 0.3) is 0 Å². The molecule has 2 rings (SSSR count). The highest BCUT2D eigenvalue weighted by molar-refractivity contribution is 5.99. The van der Waals surface area contributed by atoms with E-state index in [-0.39, 0.29) is 5.82 Å². The monoisotopic (exact) mass is 288 g/mol. The Kier molecular flexibility index (Phi) is 4.77. The molecule has 0 aliphatic heterocycles. The van der Waals surface area contributed by atoms with Crippen LogP contribution >= 0.6 is 0 Å². The highest BCUT2D eigenvalue weighted by atomic mass is 19.1. The number of amides is 2. The van der Waals surface area contributed by atoms with E-state index in [4.69, 9.17) is 4.74 Å². The van der Waals surface area contributed by atoms with Gasteiger partial charge in [0, 0.05) is 11.4 Å². The summed E-state index contributed by atoms with van der Waals surface area (Å²) in [5.74, 6) is 0.387. The molecular formula is C16H17FN2O2. The number of carbonyl (C=O) groups is 1. The summed E-state index contributed by atoms with van der Waals surface area (Å²) in [5.41, 5.74) is 1.57. The van der Waals surface area contributed by atoms with Crippen LogP contribution < -0.4 is 15.4 Å². The molecule has 0 heterocycles. The van der Waals surface area contributed by atoms with E-state index >= 15 is 0 Å². The first-order valence-corrected chi connectivity index (χ1v) is 6.65. The fourth-order valence-electron chi connectivity index (χ4n) is 1.77. The summed E-state index contributed by atoms with van der Waals surface area (Å²) in [5, 5.41) is 5.24. The number of hydrogen-bond donors (Lipinski definition) is 2. The minimum Gasteiger partial charge on any atom is -0.494 e. The Bertz CT molecular complexity index is 627. The van der Waals surface area contributed by atoms with Gasteiger partial charge in [-0.05, 0) is 55.8 Å². The third-order valence-electron chi connectivity index (χ3n) is 2.85. The third kappa shape index (κ3) is 4.21. The molecule has 4 nitrogen and oxygen atoms in total. The lowest BCUT2D eigenvalue weighted by Gasteiger charge is -2.09. The van der Waals surface area contributed by atoms with E-state index < -0.39 is 6.03 Å². The molecule has 0 atom stereocenters. The summed E-state index contributed by atoms with van der Waals surface area (Å²) in [6.07, 6.45) is 0. The highest BCUT2D eigenvalue weighted by Crippen LogP contribution is 2.17. The van der Waals surface area contributed by atoms with Gasteiger partial charge in [0.15, 0.2) is 0 Å². The molecule has 0 aliphatic rings. The lowest BCUT2D eigenvalue weighted by atomic mass is 10.2. The molecule has 110 valence electrons. The number of ether oxygens (including phenoxy) is 1. The van der Waals surface area contributed by atoms with Crippen LogP contribution in [-0.4, -0.2) is 12.6 Å². The molecule has 5 heteroatoms. The van der Waals surface area contributed by atoms with Crippen LogP contribution in [0.5, 0.6) is 5.75 Å². The Balaban J connectivity index is 1.96. The molecule has 0 saturated carbocycles. The van der Waals surface area contributed by atoms with Crippen molar-refractivity contribution in [2.45, 2.75) is 13.8 Å². The summed E-state index contributed by atoms with van der Waals surface area (Å²) in [6.45, 7) is 4.16. The Morgan fingerprint density at radius 2 is 1.71 bits per heavy atom. The number of aryl methyl sites for hydroxylation is 1. The van der Waals surface area contributed by atoms with Gasteiger partial charge in [-0.2, -0.15) is 0 Å². The predicted octanol–water partition coefficient (Wildman–Crippen LogP) is 4.18. The molecule has 0 saturated heterocycles. The van der Waals surface area contributed by atoms with Crippen molar-refractivity contribution in [3.8, 4) is 5.75 Å². The van der Waals surface area contributed by atoms with Crippen LogP contribution in [0.1, 0.15) is 12.5 Å². The maximum Gasteiger partial charge on any atom is 0.323 e. The largest absolute Gasteiger partial charge is 0.494 e. The molecule has 0 radical (unpaired) electrons. The summed E-state index contributed by atoms with van der Waals surface area (Å²) >= 11 is 0. The van der Waals surface area contributed by atoms with E-state index in [1.807, 2.05) is 6.92 Å². The van der Waals surface area contributed by atoms with Crippen LogP contribution in [-0.2, 0) is 0 Å². The normalized spacial score (nSPS) is 10.0. The number of urea groups is 1. The average Bonchev–Trinajstić information content (AvgIpc) is 2.45. The Morgan fingerprint density at radius 3 is 2.33 bits per heavy atom. The lowest BCUT2D eigenvalue weighted by molar-refractivity contribution is 0.262. The van der Waals surface area contributed by atoms with Gasteiger partial charge in [0.1, 0.15) is 11.6 Å². The second-order valence-corrected chi connectivity index (χ2v) is 4.50. The van der Waals surface area contributed by atoms with Crippen molar-refractivity contribution in [3.05, 3.63) is 53.8 Å². The fraction of sp³-hybridized carbons (Fsp3) is 0.188. The molecule has 21 heavy (non-hydrogen) atoms. The van der Waals surface area contributed by atoms with Gasteiger partial charge in [0.2, 0.25) is 0 Å². The summed E-state index contributed by atoms with van der Waals surface area (Å²) < 4.78 is 18.7. The number of anilines is 2. The third-order valence-corrected chi connectivity index (χ3v) is 2.85. The number of carbonyl (C=O) groups excluding carboxylic acids is 1. The van der Waals surface area contributed by atoms with E-state index in [1.165, 1.54) is 6.07 Å². The van der Waals surface area contributed by atoms with Gasteiger partial charge in [-0.15, -0.1) is 0 Å². The highest BCUT2D eigenvalue weighted by Gasteiger charge is 2.05. The molecule has 2 aromatic rings. The van der Waals surface area contributed by atoms with Crippen molar-refractivity contribution < 1.29 is 13.9 Å². The van der Waals surface area contributed by atoms with E-state index in [9.17, 15) is 9.18 Å². The first kappa shape index (κ1) is 14.8. The van der Waals surface area contributed by atoms with Crippen LogP contribution in [0.2, 0.25) is 0 Å². The van der Waals surface area contributed by atoms with Crippen molar-refractivity contribution in [3.63, 3.8) is 0 Å². The van der Waals surface area contributed by atoms with Crippen LogP contribution in [0.25, 0.3) is 0 Å². The second kappa shape index (κ2) is 6.74. The molecule has 0 aromatic heterocycles. The summed E-state index contributed by atoms with van der Waals surface area (Å²) in [7, 11) is 0. The quantitative estimate of drug-likeness (QED) is 0.886. The van der Waals surface area contributed by atoms with Crippen molar-refractivity contribution in [2.24, 2.45) is 0 Å². The zero-order chi connectivity index (χ0) is 15.2. The topological polar surface area (TPSA) is 50.4 Å². The van der Waals surface area contributed by atoms with Gasteiger partial charge < -0.3 is 15.4 Å². The molecular weight excluding hydrogens is 271 g/mol. The first-order chi connectivity index (χ1) is 10.1. The Hall–Kier alpha value is -2.56. The Morgan fingerprint density at radius 1 is 1.10 bits per heavy atom. The maximum absolute atomic E-state index is 13.4. The second-order valence-electron chi connectivity index (χ2n) is 4.50. The van der Waals surface area contributed by atoms with Crippen molar-refractivity contribution >= 4 is 17.4 Å². The first-order valence-electron chi connectivity index (χ1n) is 6.65. The average molecular weight is 288 g/mol. The van der Waals surface area contributed by atoms with E-state index in [0.717, 1.165) is 5.75 Å². The SMILES string of the molecule is CCOc1ccc(NC(=O)Nc2ccc(C)c(F)c2)cc1. The summed E-state index contributed by atoms with van der Waals surface area (Å²) in [4.78, 5) is 11.8. The minimum atomic E-state index is -0.428. The van der Waals surface area contributed by atoms with Crippen molar-refractivity contribution in [1.29, 1.82) is 0 Å². The van der Waals surface area contributed by atoms with Gasteiger partial charge >= 0.3 is 6.03 Å². The zero-order valence-corrected chi connectivity index (χ0v) is 11.9. The zero-order valence-electron chi connectivity index (χ0n) is 11.9. The van der Waals surface area contributed by atoms with Crippen molar-refractivity contribution in [1.82, 2.24) is 0 Å². The van der Waals surface area contributed by atoms with Crippen LogP contribution in [0, 0.1) is 12.7 Å². The van der Waals surface area contributed by atoms with Gasteiger partial charge in [-0.3, -0.25) is 0 Å². The molecule has 0 aliphatic carbocycles. The van der Waals surface area contributed by atoms with E-state index in [0.29, 0.717) is 23.5 Å². The van der Waals surface area contributed by atoms with Crippen molar-refractivity contribution in [2.75, 3.05) is 17.2 Å². The molecule has 0 spiro atoms. The minimum absolute atomic E-state index is 0.353. The standard InChI is InChI=1S/C16H17FN2O2/c1-3-21-14-8-6-12(7-9-14)18-16(20)19-13-5-4-11(2)15(17)10-13/h4-10H,3H2,1-2H3,(H2,18,19,20). The molecule has 2 aromatic carbocycles. The van der Waals surface area contributed by atoms with Crippen LogP contribution in [0.3, 0.4) is 0 Å². The number of nitrogens with one attached hydrogen (secondary N) is 2. The molecule has 0 fully saturated rings. The number of benzene rings is 2. The fourth-order valence-corrected chi connectivity index (χ4v) is 1.77. The number of rotatable bonds is 4. The van der Waals surface area contributed by atoms with E-state index in [1.54, 1.807) is 43.3 Å². The molecule has 0 unspecified atom stereocenters. The molecule has 2 amide bonds. The number of hydrogen-bond acceptors (Lipinski definition) is 2. The smallest absolute Gasteiger partial charge is 0.323 e. The molecule has 0 bridgehead atoms. The van der Waals surface area contributed by atoms with E-state index in [2.05, 4.69) is 10.6 Å². The maximum atomic E-state index is 13.4. The number of halogens is 1.